The molecule has 9 nitrogen and oxygen atoms in total. The van der Waals surface area contributed by atoms with E-state index < -0.39 is 11.5 Å². The summed E-state index contributed by atoms with van der Waals surface area (Å²) in [6.07, 6.45) is 12.9. The van der Waals surface area contributed by atoms with Crippen molar-refractivity contribution in [3.05, 3.63) is 97.1 Å². The molecule has 0 radical (unpaired) electrons. The molecule has 5 aromatic heterocycles. The van der Waals surface area contributed by atoms with E-state index >= 15 is 0 Å². The predicted molar refractivity (Wildman–Crippen MR) is 125 cm³/mol. The Morgan fingerprint density at radius 3 is 2.62 bits per heavy atom. The quantitative estimate of drug-likeness (QED) is 0.412. The van der Waals surface area contributed by atoms with Crippen molar-refractivity contribution >= 4 is 22.5 Å². The zero-order valence-electron chi connectivity index (χ0n) is 18.5. The van der Waals surface area contributed by atoms with Crippen molar-refractivity contribution in [1.82, 2.24) is 24.9 Å². The Balaban J connectivity index is 1.56. The van der Waals surface area contributed by atoms with Crippen molar-refractivity contribution in [3.8, 4) is 11.1 Å². The van der Waals surface area contributed by atoms with E-state index in [4.69, 9.17) is 9.15 Å². The van der Waals surface area contributed by atoms with Gasteiger partial charge in [0.1, 0.15) is 6.26 Å². The number of oxazole rings is 1. The highest BCUT2D eigenvalue weighted by Gasteiger charge is 2.49. The smallest absolute Gasteiger partial charge is 0.272 e. The van der Waals surface area contributed by atoms with Gasteiger partial charge in [0.05, 0.1) is 29.3 Å². The van der Waals surface area contributed by atoms with Crippen LogP contribution < -0.4 is 5.32 Å². The van der Waals surface area contributed by atoms with Crippen molar-refractivity contribution in [3.63, 3.8) is 0 Å². The van der Waals surface area contributed by atoms with Gasteiger partial charge in [-0.3, -0.25) is 24.7 Å². The van der Waals surface area contributed by atoms with Gasteiger partial charge in [0.25, 0.3) is 11.5 Å². The van der Waals surface area contributed by atoms with Crippen LogP contribution in [0.3, 0.4) is 0 Å². The highest BCUT2D eigenvalue weighted by Crippen LogP contribution is 2.35. The van der Waals surface area contributed by atoms with Gasteiger partial charge in [-0.2, -0.15) is 0 Å². The summed E-state index contributed by atoms with van der Waals surface area (Å²) in [5.41, 5.74) is 2.22. The van der Waals surface area contributed by atoms with Crippen LogP contribution in [0.25, 0.3) is 22.0 Å². The average Bonchev–Trinajstić information content (AvgIpc) is 3.41. The molecule has 0 unspecified atom stereocenters. The van der Waals surface area contributed by atoms with Crippen LogP contribution in [0.2, 0.25) is 0 Å². The third-order valence-corrected chi connectivity index (χ3v) is 5.52. The normalized spacial score (nSPS) is 12.9. The minimum atomic E-state index is -1.70. The number of nitrogens with zero attached hydrogens (tertiary/aromatic N) is 5. The average molecular weight is 452 g/mol. The summed E-state index contributed by atoms with van der Waals surface area (Å²) in [5.74, 6) is -0.451. The maximum atomic E-state index is 13.7. The van der Waals surface area contributed by atoms with Gasteiger partial charge in [0.2, 0.25) is 5.89 Å². The van der Waals surface area contributed by atoms with Crippen LogP contribution in [0.4, 0.5) is 5.69 Å². The number of hydrogen-bond donors (Lipinski definition) is 1. The summed E-state index contributed by atoms with van der Waals surface area (Å²) >= 11 is 0. The molecule has 0 saturated heterocycles. The van der Waals surface area contributed by atoms with Crippen molar-refractivity contribution in [2.75, 3.05) is 12.4 Å². The molecule has 0 aliphatic heterocycles. The molecule has 1 amide bonds. The number of anilines is 1. The lowest BCUT2D eigenvalue weighted by atomic mass is 9.93. The molecule has 9 heteroatoms. The maximum Gasteiger partial charge on any atom is 0.272 e. The number of rotatable bonds is 6. The summed E-state index contributed by atoms with van der Waals surface area (Å²) < 4.78 is 11.3. The molecule has 0 fully saturated rings. The molecule has 1 atom stereocenters. The fourth-order valence-corrected chi connectivity index (χ4v) is 3.92. The highest BCUT2D eigenvalue weighted by molar-refractivity contribution is 6.00. The zero-order chi connectivity index (χ0) is 23.5. The molecule has 0 aliphatic carbocycles. The molecule has 5 rings (SSSR count). The lowest BCUT2D eigenvalue weighted by Crippen LogP contribution is -2.44. The lowest BCUT2D eigenvalue weighted by Gasteiger charge is -2.28. The van der Waals surface area contributed by atoms with Gasteiger partial charge >= 0.3 is 0 Å². The molecule has 0 bridgehead atoms. The third-order valence-electron chi connectivity index (χ3n) is 5.52. The minimum Gasteiger partial charge on any atom is -0.445 e. The Labute approximate surface area is 194 Å². The fourth-order valence-electron chi connectivity index (χ4n) is 3.92. The zero-order valence-corrected chi connectivity index (χ0v) is 18.5. The summed E-state index contributed by atoms with van der Waals surface area (Å²) in [6, 6.07) is 9.23. The Kier molecular flexibility index (Phi) is 5.52. The number of ether oxygens (including phenoxy) is 1. The summed E-state index contributed by atoms with van der Waals surface area (Å²) in [6.45, 7) is 1.84. The minimum absolute atomic E-state index is 0.0702. The molecule has 1 N–H and O–H groups in total. The number of carbonyl (C=O) groups is 1. The lowest BCUT2D eigenvalue weighted by molar-refractivity contribution is -0.136. The Morgan fingerprint density at radius 1 is 1.00 bits per heavy atom. The van der Waals surface area contributed by atoms with E-state index in [0.717, 1.165) is 27.6 Å². The summed E-state index contributed by atoms with van der Waals surface area (Å²) in [5, 5.41) is 3.80. The molecule has 5 aromatic rings. The number of aryl methyl sites for hydroxylation is 1. The van der Waals surface area contributed by atoms with Crippen LogP contribution in [0.15, 0.2) is 84.4 Å². The van der Waals surface area contributed by atoms with Gasteiger partial charge in [-0.25, -0.2) is 4.98 Å². The second-order valence-electron chi connectivity index (χ2n) is 7.57. The molecule has 0 aliphatic rings. The maximum absolute atomic E-state index is 13.7. The molecule has 34 heavy (non-hydrogen) atoms. The first-order valence-electron chi connectivity index (χ1n) is 10.5. The van der Waals surface area contributed by atoms with Gasteiger partial charge in [0, 0.05) is 54.6 Å². The van der Waals surface area contributed by atoms with E-state index in [1.165, 1.54) is 19.6 Å². The van der Waals surface area contributed by atoms with E-state index in [2.05, 4.69) is 30.2 Å². The number of methoxy groups -OCH3 is 1. The monoisotopic (exact) mass is 452 g/mol. The van der Waals surface area contributed by atoms with Crippen molar-refractivity contribution in [2.45, 2.75) is 12.5 Å². The molecule has 0 spiro atoms. The van der Waals surface area contributed by atoms with E-state index in [1.54, 1.807) is 49.3 Å². The summed E-state index contributed by atoms with van der Waals surface area (Å²) in [7, 11) is 1.42. The molecule has 168 valence electrons. The molecule has 5 heterocycles. The number of aromatic nitrogens is 5. The Morgan fingerprint density at radius 2 is 1.82 bits per heavy atom. The molecular formula is C25H20N6O3. The number of fused-ring (bicyclic) bond motifs is 1. The van der Waals surface area contributed by atoms with Crippen LogP contribution >= 0.6 is 0 Å². The second-order valence-corrected chi connectivity index (χ2v) is 7.57. The molecule has 0 aromatic carbocycles. The number of pyridine rings is 4. The van der Waals surface area contributed by atoms with E-state index in [9.17, 15) is 4.79 Å². The predicted octanol–water partition coefficient (Wildman–Crippen LogP) is 3.91. The summed E-state index contributed by atoms with van der Waals surface area (Å²) in [4.78, 5) is 35.5. The van der Waals surface area contributed by atoms with E-state index in [1.807, 2.05) is 25.1 Å². The third kappa shape index (κ3) is 3.57. The topological polar surface area (TPSA) is 116 Å². The number of amides is 1. The second kappa shape index (κ2) is 8.80. The standard InChI is InChI=1S/C25H20N6O3/c1-16-5-3-8-29-22(16)25(33-2,24-30-9-10-34-24)23(32)31-19-11-18(13-26-14-19)20-15-27-12-17-6-4-7-28-21(17)20/h3-15H,1-2H3,(H,31,32)/t25-/m0/s1. The van der Waals surface area contributed by atoms with Crippen LogP contribution in [0.1, 0.15) is 17.1 Å². The first kappa shape index (κ1) is 21.4. The van der Waals surface area contributed by atoms with E-state index in [0.29, 0.717) is 11.4 Å². The molecule has 0 saturated carbocycles. The van der Waals surface area contributed by atoms with Crippen molar-refractivity contribution < 1.29 is 13.9 Å². The largest absolute Gasteiger partial charge is 0.445 e. The van der Waals surface area contributed by atoms with Gasteiger partial charge in [-0.05, 0) is 36.8 Å². The fraction of sp³-hybridized carbons (Fsp3) is 0.120. The number of carbonyl (C=O) groups excluding carboxylic acids is 1. The first-order valence-corrected chi connectivity index (χ1v) is 10.5. The number of nitrogens with one attached hydrogen (secondary N) is 1. The van der Waals surface area contributed by atoms with Crippen molar-refractivity contribution in [1.29, 1.82) is 0 Å². The van der Waals surface area contributed by atoms with Crippen molar-refractivity contribution in [2.24, 2.45) is 0 Å². The number of hydrogen-bond acceptors (Lipinski definition) is 8. The van der Waals surface area contributed by atoms with Gasteiger partial charge in [-0.1, -0.05) is 6.07 Å². The first-order chi connectivity index (χ1) is 16.6. The van der Waals surface area contributed by atoms with Crippen LogP contribution in [0, 0.1) is 6.92 Å². The van der Waals surface area contributed by atoms with Gasteiger partial charge in [-0.15, -0.1) is 0 Å². The Hall–Kier alpha value is -4.50. The van der Waals surface area contributed by atoms with E-state index in [-0.39, 0.29) is 5.89 Å². The van der Waals surface area contributed by atoms with Crippen LogP contribution in [-0.4, -0.2) is 37.9 Å². The Bertz CT molecular complexity index is 1470. The molecular weight excluding hydrogens is 432 g/mol. The van der Waals surface area contributed by atoms with Crippen LogP contribution in [0.5, 0.6) is 0 Å². The van der Waals surface area contributed by atoms with Gasteiger partial charge in [0.15, 0.2) is 0 Å². The highest BCUT2D eigenvalue weighted by atomic mass is 16.5. The van der Waals surface area contributed by atoms with Crippen LogP contribution in [-0.2, 0) is 15.1 Å². The van der Waals surface area contributed by atoms with Gasteiger partial charge < -0.3 is 14.5 Å². The SMILES string of the molecule is CO[C@@](C(=O)Nc1cncc(-c2cncc3cccnc23)c1)(c1ncco1)c1ncccc1C.